The van der Waals surface area contributed by atoms with Gasteiger partial charge in [-0.15, -0.1) is 0 Å². The van der Waals surface area contributed by atoms with E-state index in [4.69, 9.17) is 9.47 Å². The lowest BCUT2D eigenvalue weighted by atomic mass is 9.78. The lowest BCUT2D eigenvalue weighted by molar-refractivity contribution is -0.191. The maximum atomic E-state index is 11.3. The van der Waals surface area contributed by atoms with Gasteiger partial charge >= 0.3 is 5.97 Å². The van der Waals surface area contributed by atoms with Crippen molar-refractivity contribution >= 4 is 11.9 Å². The predicted octanol–water partition coefficient (Wildman–Crippen LogP) is 0.263. The van der Waals surface area contributed by atoms with E-state index in [-0.39, 0.29) is 5.91 Å². The molecule has 1 heterocycles. The highest BCUT2D eigenvalue weighted by Gasteiger charge is 2.50. The number of ether oxygens (including phenoxy) is 2. The molecule has 2 N–H and O–H groups in total. The van der Waals surface area contributed by atoms with E-state index >= 15 is 0 Å². The summed E-state index contributed by atoms with van der Waals surface area (Å²) in [5.41, 5.74) is -1.16. The summed E-state index contributed by atoms with van der Waals surface area (Å²) in [6.45, 7) is 2.44. The second kappa shape index (κ2) is 4.27. The molecule has 17 heavy (non-hydrogen) atoms. The van der Waals surface area contributed by atoms with E-state index in [2.05, 4.69) is 5.32 Å². The van der Waals surface area contributed by atoms with Crippen LogP contribution in [-0.4, -0.2) is 41.5 Å². The molecule has 1 aliphatic carbocycles. The van der Waals surface area contributed by atoms with E-state index in [0.717, 1.165) is 0 Å². The van der Waals surface area contributed by atoms with Crippen LogP contribution in [0.4, 0.5) is 0 Å². The minimum absolute atomic E-state index is 0.323. The van der Waals surface area contributed by atoms with E-state index in [9.17, 15) is 14.7 Å². The van der Waals surface area contributed by atoms with Gasteiger partial charge in [-0.1, -0.05) is 0 Å². The first-order valence-corrected chi connectivity index (χ1v) is 5.78. The van der Waals surface area contributed by atoms with Crippen LogP contribution in [0.25, 0.3) is 0 Å². The Morgan fingerprint density at radius 2 is 1.65 bits per heavy atom. The summed E-state index contributed by atoms with van der Waals surface area (Å²) >= 11 is 0. The Labute approximate surface area is 99.3 Å². The summed E-state index contributed by atoms with van der Waals surface area (Å²) in [5, 5.41) is 11.8. The van der Waals surface area contributed by atoms with Gasteiger partial charge in [0.05, 0.1) is 13.2 Å². The summed E-state index contributed by atoms with van der Waals surface area (Å²) in [7, 11) is 0. The van der Waals surface area contributed by atoms with Gasteiger partial charge in [-0.2, -0.15) is 0 Å². The molecule has 6 heteroatoms. The summed E-state index contributed by atoms with van der Waals surface area (Å²) in [4.78, 5) is 22.4. The van der Waals surface area contributed by atoms with Gasteiger partial charge in [0, 0.05) is 19.8 Å². The number of carbonyl (C=O) groups excluding carboxylic acids is 1. The van der Waals surface area contributed by atoms with Gasteiger partial charge in [0.2, 0.25) is 5.91 Å². The number of carboxylic acid groups (broad SMARTS) is 1. The molecule has 1 aliphatic heterocycles. The molecule has 0 unspecified atom stereocenters. The van der Waals surface area contributed by atoms with E-state index in [1.54, 1.807) is 0 Å². The molecule has 2 rings (SSSR count). The van der Waals surface area contributed by atoms with Crippen LogP contribution in [0.15, 0.2) is 0 Å². The van der Waals surface area contributed by atoms with Gasteiger partial charge in [0.15, 0.2) is 5.79 Å². The van der Waals surface area contributed by atoms with Crippen LogP contribution in [0, 0.1) is 0 Å². The van der Waals surface area contributed by atoms with Crippen molar-refractivity contribution in [3.05, 3.63) is 0 Å². The normalized spacial score (nSPS) is 25.7. The molecule has 0 atom stereocenters. The molecule has 2 fully saturated rings. The Morgan fingerprint density at radius 3 is 2.06 bits per heavy atom. The molecular formula is C11H17NO5. The fourth-order valence-electron chi connectivity index (χ4n) is 2.57. The molecule has 0 aromatic carbocycles. The molecule has 1 spiro atoms. The molecular weight excluding hydrogens is 226 g/mol. The lowest BCUT2D eigenvalue weighted by Crippen LogP contribution is -2.58. The van der Waals surface area contributed by atoms with Crippen LogP contribution in [0.5, 0.6) is 0 Å². The topological polar surface area (TPSA) is 84.9 Å². The van der Waals surface area contributed by atoms with E-state index in [0.29, 0.717) is 38.9 Å². The van der Waals surface area contributed by atoms with Gasteiger partial charge in [0.1, 0.15) is 5.54 Å². The van der Waals surface area contributed by atoms with Gasteiger partial charge in [-0.3, -0.25) is 4.79 Å². The zero-order valence-electron chi connectivity index (χ0n) is 9.82. The van der Waals surface area contributed by atoms with Crippen LogP contribution in [0.2, 0.25) is 0 Å². The zero-order chi connectivity index (χ0) is 12.5. The number of hydrogen-bond acceptors (Lipinski definition) is 4. The van der Waals surface area contributed by atoms with Crippen molar-refractivity contribution in [2.75, 3.05) is 13.2 Å². The molecule has 0 bridgehead atoms. The highest BCUT2D eigenvalue weighted by Crippen LogP contribution is 2.40. The Hall–Kier alpha value is -1.14. The van der Waals surface area contributed by atoms with Crippen molar-refractivity contribution in [1.29, 1.82) is 0 Å². The molecule has 1 amide bonds. The minimum atomic E-state index is -1.16. The maximum Gasteiger partial charge on any atom is 0.329 e. The predicted molar refractivity (Wildman–Crippen MR) is 57.3 cm³/mol. The van der Waals surface area contributed by atoms with Crippen LogP contribution in [-0.2, 0) is 19.1 Å². The second-order valence-electron chi connectivity index (χ2n) is 4.68. The first kappa shape index (κ1) is 12.3. The smallest absolute Gasteiger partial charge is 0.329 e. The summed E-state index contributed by atoms with van der Waals surface area (Å²) < 4.78 is 11.1. The molecule has 0 radical (unpaired) electrons. The van der Waals surface area contributed by atoms with Crippen molar-refractivity contribution in [3.8, 4) is 0 Å². The molecule has 1 saturated heterocycles. The largest absolute Gasteiger partial charge is 0.480 e. The summed E-state index contributed by atoms with van der Waals surface area (Å²) in [6.07, 6.45) is 1.67. The molecule has 6 nitrogen and oxygen atoms in total. The van der Waals surface area contributed by atoms with Crippen molar-refractivity contribution in [1.82, 2.24) is 5.32 Å². The molecule has 96 valence electrons. The standard InChI is InChI=1S/C11H17NO5/c1-8(13)12-10(9(14)15)2-4-11(5-3-10)16-6-7-17-11/h2-7H2,1H3,(H,12,13)(H,14,15). The molecule has 1 saturated carbocycles. The van der Waals surface area contributed by atoms with E-state index in [1.807, 2.05) is 0 Å². The highest BCUT2D eigenvalue weighted by atomic mass is 16.7. The molecule has 0 aromatic rings. The quantitative estimate of drug-likeness (QED) is 0.726. The van der Waals surface area contributed by atoms with Crippen molar-refractivity contribution < 1.29 is 24.2 Å². The van der Waals surface area contributed by atoms with Crippen LogP contribution in [0.3, 0.4) is 0 Å². The number of amides is 1. The Balaban J connectivity index is 2.07. The number of aliphatic carboxylic acids is 1. The van der Waals surface area contributed by atoms with Crippen molar-refractivity contribution in [2.24, 2.45) is 0 Å². The number of nitrogens with one attached hydrogen (secondary N) is 1. The van der Waals surface area contributed by atoms with Crippen LogP contribution in [0.1, 0.15) is 32.6 Å². The van der Waals surface area contributed by atoms with Crippen LogP contribution >= 0.6 is 0 Å². The molecule has 2 aliphatic rings. The fourth-order valence-corrected chi connectivity index (χ4v) is 2.57. The minimum Gasteiger partial charge on any atom is -0.480 e. The van der Waals surface area contributed by atoms with Gasteiger partial charge in [-0.05, 0) is 12.8 Å². The van der Waals surface area contributed by atoms with Gasteiger partial charge < -0.3 is 19.9 Å². The van der Waals surface area contributed by atoms with Crippen LogP contribution < -0.4 is 5.32 Å². The number of carbonyl (C=O) groups is 2. The number of hydrogen-bond donors (Lipinski definition) is 2. The average molecular weight is 243 g/mol. The van der Waals surface area contributed by atoms with Crippen molar-refractivity contribution in [3.63, 3.8) is 0 Å². The first-order valence-electron chi connectivity index (χ1n) is 5.78. The zero-order valence-corrected chi connectivity index (χ0v) is 9.82. The summed E-state index contributed by atoms with van der Waals surface area (Å²) in [6, 6.07) is 0. The van der Waals surface area contributed by atoms with Gasteiger partial charge in [-0.25, -0.2) is 4.79 Å². The number of rotatable bonds is 2. The van der Waals surface area contributed by atoms with E-state index in [1.165, 1.54) is 6.92 Å². The second-order valence-corrected chi connectivity index (χ2v) is 4.68. The maximum absolute atomic E-state index is 11.3. The third-order valence-corrected chi connectivity index (χ3v) is 3.50. The average Bonchev–Trinajstić information content (AvgIpc) is 2.70. The van der Waals surface area contributed by atoms with Gasteiger partial charge in [0.25, 0.3) is 0 Å². The number of carboxylic acids is 1. The van der Waals surface area contributed by atoms with E-state index < -0.39 is 17.3 Å². The Morgan fingerprint density at radius 1 is 1.12 bits per heavy atom. The lowest BCUT2D eigenvalue weighted by Gasteiger charge is -2.41. The third kappa shape index (κ3) is 2.28. The first-order chi connectivity index (χ1) is 7.98. The Bertz CT molecular complexity index is 325. The monoisotopic (exact) mass is 243 g/mol. The SMILES string of the molecule is CC(=O)NC1(C(=O)O)CCC2(CC1)OCCO2. The summed E-state index contributed by atoms with van der Waals surface area (Å²) in [5.74, 6) is -1.92. The highest BCUT2D eigenvalue weighted by molar-refractivity contribution is 5.86. The molecule has 0 aromatic heterocycles. The fraction of sp³-hybridized carbons (Fsp3) is 0.818. The third-order valence-electron chi connectivity index (χ3n) is 3.50. The Kier molecular flexibility index (Phi) is 3.09. The van der Waals surface area contributed by atoms with Crippen molar-refractivity contribution in [2.45, 2.75) is 43.9 Å².